The molecule has 0 aliphatic carbocycles. The van der Waals surface area contributed by atoms with Crippen LogP contribution in [0.5, 0.6) is 0 Å². The maximum Gasteiger partial charge on any atom is 0.0726 e. The topological polar surface area (TPSA) is 4.93 Å². The molecule has 0 amide bonds. The molecule has 0 bridgehead atoms. The first-order valence-corrected chi connectivity index (χ1v) is 13.3. The van der Waals surface area contributed by atoms with E-state index in [2.05, 4.69) is 120 Å². The molecule has 0 aliphatic rings. The normalized spacial score (nSPS) is 11.8. The fraction of sp³-hybridized carbons (Fsp3) is 0. The molecule has 0 radical (unpaired) electrons. The Kier molecular flexibility index (Phi) is 4.64. The molecule has 0 spiro atoms. The van der Waals surface area contributed by atoms with Crippen molar-refractivity contribution < 1.29 is 0 Å². The fourth-order valence-corrected chi connectivity index (χ4v) is 6.46. The number of nitrogens with zero attached hydrogens (tertiary/aromatic N) is 1. The number of halogens is 1. The summed E-state index contributed by atoms with van der Waals surface area (Å²) in [6.45, 7) is 0. The van der Waals surface area contributed by atoms with E-state index >= 15 is 0 Å². The van der Waals surface area contributed by atoms with Gasteiger partial charge in [0.15, 0.2) is 0 Å². The van der Waals surface area contributed by atoms with Gasteiger partial charge in [0.05, 0.1) is 21.7 Å². The van der Waals surface area contributed by atoms with Gasteiger partial charge in [-0.3, -0.25) is 0 Å². The molecule has 0 saturated carbocycles. The Hall–Kier alpha value is -4.59. The molecule has 0 saturated heterocycles. The van der Waals surface area contributed by atoms with E-state index in [1.165, 1.54) is 54.5 Å². The number of fused-ring (bicyclic) bond motifs is 3. The van der Waals surface area contributed by atoms with Crippen LogP contribution < -0.4 is 0 Å². The van der Waals surface area contributed by atoms with E-state index in [1.807, 2.05) is 18.2 Å². The molecule has 0 N–H and O–H groups in total. The van der Waals surface area contributed by atoms with E-state index in [0.29, 0.717) is 0 Å². The highest BCUT2D eigenvalue weighted by atomic mass is 35.5. The summed E-state index contributed by atoms with van der Waals surface area (Å²) < 4.78 is 2.37. The third kappa shape index (κ3) is 3.00. The van der Waals surface area contributed by atoms with Crippen molar-refractivity contribution in [3.8, 4) is 27.9 Å². The minimum atomic E-state index is 0.737. The molecule has 1 nitrogen and oxygen atoms in total. The van der Waals surface area contributed by atoms with Crippen LogP contribution in [0.15, 0.2) is 133 Å². The molecule has 38 heavy (non-hydrogen) atoms. The largest absolute Gasteiger partial charge is 0.307 e. The van der Waals surface area contributed by atoms with Crippen LogP contribution in [0.4, 0.5) is 0 Å². The third-order valence-corrected chi connectivity index (χ3v) is 8.14. The first-order valence-electron chi connectivity index (χ1n) is 12.9. The van der Waals surface area contributed by atoms with Crippen LogP contribution in [0.2, 0.25) is 5.02 Å². The van der Waals surface area contributed by atoms with Crippen LogP contribution in [0.25, 0.3) is 71.3 Å². The third-order valence-electron chi connectivity index (χ3n) is 7.84. The molecule has 1 heterocycles. The molecule has 0 aliphatic heterocycles. The monoisotopic (exact) mass is 503 g/mol. The molecule has 7 aromatic carbocycles. The molecule has 0 unspecified atom stereocenters. The molecule has 8 rings (SSSR count). The predicted molar refractivity (Wildman–Crippen MR) is 163 cm³/mol. The standard InChI is InChI=1S/C36H22ClN/c37-31-16-6-13-26(25-21-19-24(20-22-25)23-9-2-1-3-10-23)36(31)38-32-17-7-14-29-27-11-4-5-12-28(27)30-15-8-18-33(38)35(30)34(29)32/h1-22H. The number of hydrogen-bond acceptors (Lipinski definition) is 0. The van der Waals surface area contributed by atoms with E-state index in [9.17, 15) is 0 Å². The van der Waals surface area contributed by atoms with Crippen molar-refractivity contribution in [3.05, 3.63) is 138 Å². The highest BCUT2D eigenvalue weighted by molar-refractivity contribution is 6.36. The highest BCUT2D eigenvalue weighted by Crippen LogP contribution is 2.45. The summed E-state index contributed by atoms with van der Waals surface area (Å²) in [5.41, 5.74) is 8.04. The van der Waals surface area contributed by atoms with Crippen molar-refractivity contribution in [2.24, 2.45) is 0 Å². The maximum atomic E-state index is 7.06. The Morgan fingerprint density at radius 2 is 0.895 bits per heavy atom. The van der Waals surface area contributed by atoms with Crippen LogP contribution in [-0.2, 0) is 0 Å². The summed E-state index contributed by atoms with van der Waals surface area (Å²) in [4.78, 5) is 0. The van der Waals surface area contributed by atoms with Gasteiger partial charge in [-0.15, -0.1) is 0 Å². The summed E-state index contributed by atoms with van der Waals surface area (Å²) in [5, 5.41) is 8.45. The van der Waals surface area contributed by atoms with E-state index in [4.69, 9.17) is 11.6 Å². The number of rotatable bonds is 3. The maximum absolute atomic E-state index is 7.06. The Bertz CT molecular complexity index is 2030. The molecule has 8 aromatic rings. The van der Waals surface area contributed by atoms with Gasteiger partial charge in [0.2, 0.25) is 0 Å². The van der Waals surface area contributed by atoms with Crippen molar-refractivity contribution in [1.29, 1.82) is 0 Å². The molecular formula is C36H22ClN. The number of para-hydroxylation sites is 1. The van der Waals surface area contributed by atoms with E-state index in [-0.39, 0.29) is 0 Å². The Balaban J connectivity index is 1.44. The highest BCUT2D eigenvalue weighted by Gasteiger charge is 2.22. The van der Waals surface area contributed by atoms with Gasteiger partial charge >= 0.3 is 0 Å². The molecule has 178 valence electrons. The van der Waals surface area contributed by atoms with E-state index in [1.54, 1.807) is 0 Å². The summed E-state index contributed by atoms with van der Waals surface area (Å²) in [7, 11) is 0. The lowest BCUT2D eigenvalue weighted by Crippen LogP contribution is -1.98. The smallest absolute Gasteiger partial charge is 0.0726 e. The van der Waals surface area contributed by atoms with Crippen LogP contribution in [0, 0.1) is 0 Å². The first kappa shape index (κ1) is 21.5. The summed E-state index contributed by atoms with van der Waals surface area (Å²) in [6, 6.07) is 47.5. The molecule has 0 fully saturated rings. The van der Waals surface area contributed by atoms with Crippen LogP contribution >= 0.6 is 11.6 Å². The Morgan fingerprint density at radius 1 is 0.395 bits per heavy atom. The average molecular weight is 504 g/mol. The zero-order valence-electron chi connectivity index (χ0n) is 20.5. The fourth-order valence-electron chi connectivity index (χ4n) is 6.20. The second-order valence-corrected chi connectivity index (χ2v) is 10.3. The summed E-state index contributed by atoms with van der Waals surface area (Å²) >= 11 is 7.06. The zero-order valence-corrected chi connectivity index (χ0v) is 21.3. The summed E-state index contributed by atoms with van der Waals surface area (Å²) in [6.07, 6.45) is 0. The average Bonchev–Trinajstić information content (AvgIpc) is 3.32. The van der Waals surface area contributed by atoms with E-state index < -0.39 is 0 Å². The number of benzene rings is 7. The van der Waals surface area contributed by atoms with Gasteiger partial charge in [-0.1, -0.05) is 127 Å². The lowest BCUT2D eigenvalue weighted by atomic mass is 9.95. The molecule has 1 aromatic heterocycles. The van der Waals surface area contributed by atoms with Gasteiger partial charge in [0.25, 0.3) is 0 Å². The lowest BCUT2D eigenvalue weighted by molar-refractivity contribution is 1.18. The summed E-state index contributed by atoms with van der Waals surface area (Å²) in [5.74, 6) is 0. The minimum Gasteiger partial charge on any atom is -0.307 e. The van der Waals surface area contributed by atoms with Crippen molar-refractivity contribution in [2.45, 2.75) is 0 Å². The lowest BCUT2D eigenvalue weighted by Gasteiger charge is -2.16. The van der Waals surface area contributed by atoms with Crippen LogP contribution in [-0.4, -0.2) is 4.57 Å². The van der Waals surface area contributed by atoms with Crippen molar-refractivity contribution >= 4 is 55.0 Å². The second-order valence-electron chi connectivity index (χ2n) is 9.86. The quantitative estimate of drug-likeness (QED) is 0.211. The van der Waals surface area contributed by atoms with Gasteiger partial charge in [0, 0.05) is 16.3 Å². The second kappa shape index (κ2) is 8.21. The van der Waals surface area contributed by atoms with Gasteiger partial charge in [-0.25, -0.2) is 0 Å². The van der Waals surface area contributed by atoms with Gasteiger partial charge < -0.3 is 4.57 Å². The first-order chi connectivity index (χ1) is 18.8. The van der Waals surface area contributed by atoms with Crippen LogP contribution in [0.1, 0.15) is 0 Å². The molecular weight excluding hydrogens is 482 g/mol. The minimum absolute atomic E-state index is 0.737. The van der Waals surface area contributed by atoms with E-state index in [0.717, 1.165) is 21.8 Å². The number of aromatic nitrogens is 1. The predicted octanol–water partition coefficient (Wildman–Crippen LogP) is 10.5. The SMILES string of the molecule is Clc1cccc(-c2ccc(-c3ccccc3)cc2)c1-n1c2cccc3c4ccccc4c4cccc1c4c32. The van der Waals surface area contributed by atoms with Crippen molar-refractivity contribution in [1.82, 2.24) is 4.57 Å². The number of hydrogen-bond donors (Lipinski definition) is 0. The van der Waals surface area contributed by atoms with Crippen molar-refractivity contribution in [2.75, 3.05) is 0 Å². The van der Waals surface area contributed by atoms with Crippen molar-refractivity contribution in [3.63, 3.8) is 0 Å². The Morgan fingerprint density at radius 3 is 1.53 bits per heavy atom. The molecule has 2 heteroatoms. The van der Waals surface area contributed by atoms with Gasteiger partial charge in [0.1, 0.15) is 0 Å². The van der Waals surface area contributed by atoms with Gasteiger partial charge in [-0.05, 0) is 56.4 Å². The molecule has 0 atom stereocenters. The Labute approximate surface area is 225 Å². The zero-order chi connectivity index (χ0) is 25.2. The van der Waals surface area contributed by atoms with Crippen LogP contribution in [0.3, 0.4) is 0 Å². The van der Waals surface area contributed by atoms with Gasteiger partial charge in [-0.2, -0.15) is 0 Å².